The quantitative estimate of drug-likeness (QED) is 0.386. The average molecular weight is 421 g/mol. The number of rotatable bonds is 12. The van der Waals surface area contributed by atoms with Crippen LogP contribution in [0.2, 0.25) is 0 Å². The van der Waals surface area contributed by atoms with E-state index in [1.807, 2.05) is 26.0 Å². The molecule has 1 aromatic rings. The fourth-order valence-corrected chi connectivity index (χ4v) is 2.96. The van der Waals surface area contributed by atoms with Gasteiger partial charge in [0.2, 0.25) is 11.8 Å². The Balaban J connectivity index is 1.85. The van der Waals surface area contributed by atoms with Crippen molar-refractivity contribution in [2.45, 2.75) is 32.7 Å². The topological polar surface area (TPSA) is 106 Å². The van der Waals surface area contributed by atoms with Crippen LogP contribution in [0.3, 0.4) is 0 Å². The van der Waals surface area contributed by atoms with Crippen LogP contribution in [0.15, 0.2) is 24.3 Å². The predicted molar refractivity (Wildman–Crippen MR) is 111 cm³/mol. The lowest BCUT2D eigenvalue weighted by atomic mass is 10.1. The van der Waals surface area contributed by atoms with Crippen LogP contribution in [0, 0.1) is 0 Å². The second-order valence-corrected chi connectivity index (χ2v) is 6.74. The summed E-state index contributed by atoms with van der Waals surface area (Å²) in [5.74, 6) is -0.360. The molecule has 1 aliphatic rings. The third-order valence-electron chi connectivity index (χ3n) is 4.48. The van der Waals surface area contributed by atoms with Crippen molar-refractivity contribution in [3.8, 4) is 5.75 Å². The Morgan fingerprint density at radius 3 is 2.63 bits per heavy atom. The number of carbonyl (C=O) groups is 3. The summed E-state index contributed by atoms with van der Waals surface area (Å²) in [6.45, 7) is 6.50. The molecule has 1 aliphatic heterocycles. The molecule has 1 fully saturated rings. The lowest BCUT2D eigenvalue weighted by molar-refractivity contribution is -0.151. The van der Waals surface area contributed by atoms with E-state index in [0.29, 0.717) is 51.7 Å². The molecular formula is C21H31N3O6. The number of carbonyl (C=O) groups excluding carboxylic acids is 3. The van der Waals surface area contributed by atoms with Gasteiger partial charge >= 0.3 is 5.97 Å². The minimum atomic E-state index is -0.849. The van der Waals surface area contributed by atoms with Gasteiger partial charge in [-0.2, -0.15) is 0 Å². The number of nitrogens with one attached hydrogen (secondary N) is 2. The van der Waals surface area contributed by atoms with Gasteiger partial charge in [-0.15, -0.1) is 0 Å². The molecule has 1 heterocycles. The first kappa shape index (κ1) is 23.5. The maximum Gasteiger partial charge on any atom is 0.308 e. The van der Waals surface area contributed by atoms with Gasteiger partial charge in [-0.05, 0) is 37.6 Å². The molecule has 2 amide bonds. The van der Waals surface area contributed by atoms with Gasteiger partial charge in [0.05, 0.1) is 26.2 Å². The molecule has 0 aliphatic carbocycles. The number of hydrogen-bond donors (Lipinski definition) is 2. The summed E-state index contributed by atoms with van der Waals surface area (Å²) in [6.07, 6.45) is 0.552. The number of esters is 1. The van der Waals surface area contributed by atoms with E-state index in [0.717, 1.165) is 5.69 Å². The molecule has 0 aromatic heterocycles. The highest BCUT2D eigenvalue weighted by atomic mass is 16.5. The lowest BCUT2D eigenvalue weighted by Gasteiger charge is -2.34. The van der Waals surface area contributed by atoms with E-state index in [1.54, 1.807) is 12.1 Å². The first-order valence-corrected chi connectivity index (χ1v) is 10.3. The number of nitrogens with zero attached hydrogens (tertiary/aromatic N) is 1. The molecule has 166 valence electrons. The summed E-state index contributed by atoms with van der Waals surface area (Å²) in [5, 5.41) is 5.75. The zero-order chi connectivity index (χ0) is 21.8. The van der Waals surface area contributed by atoms with Gasteiger partial charge in [0.1, 0.15) is 18.4 Å². The Labute approximate surface area is 177 Å². The molecule has 2 N–H and O–H groups in total. The predicted octanol–water partition coefficient (Wildman–Crippen LogP) is 1.18. The molecule has 9 nitrogen and oxygen atoms in total. The van der Waals surface area contributed by atoms with Gasteiger partial charge < -0.3 is 29.7 Å². The SMILES string of the molecule is CCCOC(=O)CC1C(=O)NCCN1C(=O)CNc1ccc(OCCOCC)cc1. The third-order valence-corrected chi connectivity index (χ3v) is 4.48. The first-order valence-electron chi connectivity index (χ1n) is 10.3. The van der Waals surface area contributed by atoms with Crippen LogP contribution in [0.4, 0.5) is 5.69 Å². The van der Waals surface area contributed by atoms with E-state index >= 15 is 0 Å². The van der Waals surface area contributed by atoms with Crippen LogP contribution in [0.5, 0.6) is 5.75 Å². The molecule has 1 saturated heterocycles. The average Bonchev–Trinajstić information content (AvgIpc) is 2.76. The maximum atomic E-state index is 12.7. The smallest absolute Gasteiger partial charge is 0.308 e. The van der Waals surface area contributed by atoms with Crippen LogP contribution in [-0.2, 0) is 23.9 Å². The zero-order valence-electron chi connectivity index (χ0n) is 17.6. The van der Waals surface area contributed by atoms with Crippen molar-refractivity contribution >= 4 is 23.5 Å². The van der Waals surface area contributed by atoms with Crippen molar-refractivity contribution in [2.75, 3.05) is 51.4 Å². The van der Waals surface area contributed by atoms with Gasteiger partial charge in [0.25, 0.3) is 0 Å². The van der Waals surface area contributed by atoms with E-state index in [2.05, 4.69) is 10.6 Å². The molecule has 0 bridgehead atoms. The number of anilines is 1. The number of benzene rings is 1. The Bertz CT molecular complexity index is 694. The minimum Gasteiger partial charge on any atom is -0.491 e. The molecule has 0 radical (unpaired) electrons. The fraction of sp³-hybridized carbons (Fsp3) is 0.571. The van der Waals surface area contributed by atoms with Crippen molar-refractivity contribution in [2.24, 2.45) is 0 Å². The molecular weight excluding hydrogens is 390 g/mol. The van der Waals surface area contributed by atoms with Gasteiger partial charge in [-0.3, -0.25) is 14.4 Å². The summed E-state index contributed by atoms with van der Waals surface area (Å²) in [7, 11) is 0. The van der Waals surface area contributed by atoms with Crippen LogP contribution in [0.1, 0.15) is 26.7 Å². The highest BCUT2D eigenvalue weighted by Crippen LogP contribution is 2.16. The zero-order valence-corrected chi connectivity index (χ0v) is 17.6. The van der Waals surface area contributed by atoms with Gasteiger partial charge in [-0.25, -0.2) is 0 Å². The molecule has 0 spiro atoms. The third kappa shape index (κ3) is 7.55. The van der Waals surface area contributed by atoms with Crippen molar-refractivity contribution in [3.63, 3.8) is 0 Å². The van der Waals surface area contributed by atoms with Crippen molar-refractivity contribution in [3.05, 3.63) is 24.3 Å². The number of ether oxygens (including phenoxy) is 3. The van der Waals surface area contributed by atoms with Gasteiger partial charge in [0.15, 0.2) is 0 Å². The number of hydrogen-bond acceptors (Lipinski definition) is 7. The van der Waals surface area contributed by atoms with E-state index in [-0.39, 0.29) is 24.8 Å². The molecule has 9 heteroatoms. The van der Waals surface area contributed by atoms with E-state index in [4.69, 9.17) is 14.2 Å². The summed E-state index contributed by atoms with van der Waals surface area (Å²) in [5.41, 5.74) is 0.751. The summed E-state index contributed by atoms with van der Waals surface area (Å²) < 4.78 is 15.8. The van der Waals surface area contributed by atoms with E-state index in [9.17, 15) is 14.4 Å². The molecule has 1 unspecified atom stereocenters. The Kier molecular flexibility index (Phi) is 9.93. The highest BCUT2D eigenvalue weighted by Gasteiger charge is 2.34. The molecule has 0 saturated carbocycles. The maximum absolute atomic E-state index is 12.7. The number of amides is 2. The van der Waals surface area contributed by atoms with Crippen molar-refractivity contribution in [1.29, 1.82) is 0 Å². The summed E-state index contributed by atoms with van der Waals surface area (Å²) in [6, 6.07) is 6.38. The van der Waals surface area contributed by atoms with Crippen LogP contribution >= 0.6 is 0 Å². The summed E-state index contributed by atoms with van der Waals surface area (Å²) in [4.78, 5) is 38.3. The monoisotopic (exact) mass is 421 g/mol. The Morgan fingerprint density at radius 1 is 1.17 bits per heavy atom. The van der Waals surface area contributed by atoms with Crippen LogP contribution < -0.4 is 15.4 Å². The second kappa shape index (κ2) is 12.7. The Morgan fingerprint density at radius 2 is 1.93 bits per heavy atom. The van der Waals surface area contributed by atoms with E-state index < -0.39 is 12.0 Å². The van der Waals surface area contributed by atoms with Gasteiger partial charge in [-0.1, -0.05) is 6.92 Å². The Hall–Kier alpha value is -2.81. The lowest BCUT2D eigenvalue weighted by Crippen LogP contribution is -2.58. The van der Waals surface area contributed by atoms with Crippen molar-refractivity contribution in [1.82, 2.24) is 10.2 Å². The minimum absolute atomic E-state index is 0.0122. The largest absolute Gasteiger partial charge is 0.491 e. The molecule has 1 atom stereocenters. The van der Waals surface area contributed by atoms with Gasteiger partial charge in [0, 0.05) is 25.4 Å². The second-order valence-electron chi connectivity index (χ2n) is 6.74. The van der Waals surface area contributed by atoms with Crippen LogP contribution in [0.25, 0.3) is 0 Å². The first-order chi connectivity index (χ1) is 14.5. The molecule has 1 aromatic carbocycles. The van der Waals surface area contributed by atoms with Crippen molar-refractivity contribution < 1.29 is 28.6 Å². The standard InChI is InChI=1S/C21H31N3O6/c1-3-11-30-20(26)14-18-21(27)22-9-10-24(18)19(25)15-23-16-5-7-17(8-6-16)29-13-12-28-4-2/h5-8,18,23H,3-4,9-15H2,1-2H3,(H,22,27). The summed E-state index contributed by atoms with van der Waals surface area (Å²) >= 11 is 0. The molecule has 30 heavy (non-hydrogen) atoms. The van der Waals surface area contributed by atoms with Crippen LogP contribution in [-0.4, -0.2) is 74.8 Å². The number of piperazine rings is 1. The fourth-order valence-electron chi connectivity index (χ4n) is 2.96. The highest BCUT2D eigenvalue weighted by molar-refractivity contribution is 5.93. The normalized spacial score (nSPS) is 16.0. The molecule has 2 rings (SSSR count). The van der Waals surface area contributed by atoms with E-state index in [1.165, 1.54) is 4.90 Å².